The number of ketones is 1. The SMILES string of the molecule is CCOC(=O)CC(=O)CN1CCC(C(N)=O)CC1. The normalized spacial score (nSPS) is 17.4. The molecule has 0 aromatic carbocycles. The molecule has 0 saturated carbocycles. The van der Waals surface area contributed by atoms with E-state index in [1.165, 1.54) is 0 Å². The van der Waals surface area contributed by atoms with Crippen LogP contribution in [-0.4, -0.2) is 48.8 Å². The summed E-state index contributed by atoms with van der Waals surface area (Å²) in [7, 11) is 0. The van der Waals surface area contributed by atoms with Crippen molar-refractivity contribution in [1.29, 1.82) is 0 Å². The second kappa shape index (κ2) is 7.10. The van der Waals surface area contributed by atoms with Crippen LogP contribution in [-0.2, 0) is 19.1 Å². The summed E-state index contributed by atoms with van der Waals surface area (Å²) in [4.78, 5) is 35.6. The molecule has 1 heterocycles. The van der Waals surface area contributed by atoms with E-state index in [1.807, 2.05) is 4.90 Å². The van der Waals surface area contributed by atoms with Crippen molar-refractivity contribution in [2.75, 3.05) is 26.2 Å². The fourth-order valence-corrected chi connectivity index (χ4v) is 2.05. The minimum Gasteiger partial charge on any atom is -0.466 e. The van der Waals surface area contributed by atoms with Crippen LogP contribution in [0.1, 0.15) is 26.2 Å². The van der Waals surface area contributed by atoms with Gasteiger partial charge >= 0.3 is 5.97 Å². The highest BCUT2D eigenvalue weighted by Gasteiger charge is 2.24. The van der Waals surface area contributed by atoms with Gasteiger partial charge in [0.2, 0.25) is 5.91 Å². The molecule has 102 valence electrons. The molecule has 0 radical (unpaired) electrons. The molecule has 0 aromatic rings. The number of carbonyl (C=O) groups excluding carboxylic acids is 3. The Bertz CT molecular complexity index is 322. The molecule has 0 aromatic heterocycles. The van der Waals surface area contributed by atoms with Gasteiger partial charge in [0.05, 0.1) is 13.2 Å². The number of carbonyl (C=O) groups is 3. The smallest absolute Gasteiger partial charge is 0.313 e. The Kier molecular flexibility index (Phi) is 5.77. The van der Waals surface area contributed by atoms with Gasteiger partial charge in [0, 0.05) is 5.92 Å². The molecule has 1 amide bonds. The van der Waals surface area contributed by atoms with Crippen LogP contribution in [0.15, 0.2) is 0 Å². The molecule has 0 spiro atoms. The zero-order valence-electron chi connectivity index (χ0n) is 10.7. The maximum atomic E-state index is 11.6. The van der Waals surface area contributed by atoms with Gasteiger partial charge in [-0.2, -0.15) is 0 Å². The topological polar surface area (TPSA) is 89.7 Å². The fourth-order valence-electron chi connectivity index (χ4n) is 2.05. The molecule has 2 N–H and O–H groups in total. The van der Waals surface area contributed by atoms with Crippen LogP contribution in [0.4, 0.5) is 0 Å². The number of esters is 1. The average Bonchev–Trinajstić information content (AvgIpc) is 2.29. The van der Waals surface area contributed by atoms with Gasteiger partial charge in [-0.1, -0.05) is 0 Å². The lowest BCUT2D eigenvalue weighted by Crippen LogP contribution is -2.41. The third-order valence-electron chi connectivity index (χ3n) is 3.04. The number of hydrogen-bond donors (Lipinski definition) is 1. The lowest BCUT2D eigenvalue weighted by Gasteiger charge is -2.29. The first-order valence-corrected chi connectivity index (χ1v) is 6.22. The van der Waals surface area contributed by atoms with Gasteiger partial charge in [0.15, 0.2) is 5.78 Å². The van der Waals surface area contributed by atoms with E-state index in [-0.39, 0.29) is 37.2 Å². The second-order valence-corrected chi connectivity index (χ2v) is 4.47. The highest BCUT2D eigenvalue weighted by Crippen LogP contribution is 2.16. The van der Waals surface area contributed by atoms with Crippen molar-refractivity contribution in [3.05, 3.63) is 0 Å². The Morgan fingerprint density at radius 1 is 1.28 bits per heavy atom. The Balaban J connectivity index is 2.26. The summed E-state index contributed by atoms with van der Waals surface area (Å²) >= 11 is 0. The lowest BCUT2D eigenvalue weighted by molar-refractivity contribution is -0.145. The van der Waals surface area contributed by atoms with Gasteiger partial charge in [0.25, 0.3) is 0 Å². The summed E-state index contributed by atoms with van der Waals surface area (Å²) in [6.07, 6.45) is 1.19. The number of nitrogens with two attached hydrogens (primary N) is 1. The first kappa shape index (κ1) is 14.6. The van der Waals surface area contributed by atoms with Crippen molar-refractivity contribution < 1.29 is 19.1 Å². The van der Waals surface area contributed by atoms with Crippen molar-refractivity contribution >= 4 is 17.7 Å². The van der Waals surface area contributed by atoms with Crippen LogP contribution in [0.25, 0.3) is 0 Å². The Labute approximate surface area is 106 Å². The number of primary amides is 1. The van der Waals surface area contributed by atoms with Gasteiger partial charge < -0.3 is 10.5 Å². The molecule has 1 fully saturated rings. The highest BCUT2D eigenvalue weighted by atomic mass is 16.5. The first-order chi connectivity index (χ1) is 8.52. The van der Waals surface area contributed by atoms with Crippen molar-refractivity contribution in [2.45, 2.75) is 26.2 Å². The van der Waals surface area contributed by atoms with E-state index in [2.05, 4.69) is 0 Å². The summed E-state index contributed by atoms with van der Waals surface area (Å²) in [5, 5.41) is 0. The number of nitrogens with zero attached hydrogens (tertiary/aromatic N) is 1. The van der Waals surface area contributed by atoms with Gasteiger partial charge in [-0.05, 0) is 32.9 Å². The summed E-state index contributed by atoms with van der Waals surface area (Å²) in [6, 6.07) is 0. The molecular formula is C12H20N2O4. The van der Waals surface area contributed by atoms with Crippen LogP contribution in [0.5, 0.6) is 0 Å². The quantitative estimate of drug-likeness (QED) is 0.521. The van der Waals surface area contributed by atoms with E-state index in [4.69, 9.17) is 10.5 Å². The van der Waals surface area contributed by atoms with Crippen LogP contribution >= 0.6 is 0 Å². The Morgan fingerprint density at radius 2 is 1.89 bits per heavy atom. The maximum absolute atomic E-state index is 11.6. The number of hydrogen-bond acceptors (Lipinski definition) is 5. The van der Waals surface area contributed by atoms with Crippen LogP contribution < -0.4 is 5.73 Å². The highest BCUT2D eigenvalue weighted by molar-refractivity contribution is 5.96. The molecule has 1 rings (SSSR count). The van der Waals surface area contributed by atoms with Crippen LogP contribution in [0, 0.1) is 5.92 Å². The molecular weight excluding hydrogens is 236 g/mol. The Morgan fingerprint density at radius 3 is 2.39 bits per heavy atom. The summed E-state index contributed by atoms with van der Waals surface area (Å²) in [5.74, 6) is -0.977. The number of likely N-dealkylation sites (tertiary alicyclic amines) is 1. The van der Waals surface area contributed by atoms with E-state index < -0.39 is 5.97 Å². The molecule has 1 aliphatic heterocycles. The van der Waals surface area contributed by atoms with Gasteiger partial charge in [-0.15, -0.1) is 0 Å². The van der Waals surface area contributed by atoms with E-state index in [1.54, 1.807) is 6.92 Å². The molecule has 0 aliphatic carbocycles. The lowest BCUT2D eigenvalue weighted by atomic mass is 9.96. The summed E-state index contributed by atoms with van der Waals surface area (Å²) in [6.45, 7) is 3.57. The van der Waals surface area contributed by atoms with E-state index in [0.29, 0.717) is 25.9 Å². The minimum atomic E-state index is -0.477. The minimum absolute atomic E-state index is 0.0820. The number of piperidine rings is 1. The zero-order valence-corrected chi connectivity index (χ0v) is 10.7. The summed E-state index contributed by atoms with van der Waals surface area (Å²) in [5.41, 5.74) is 5.23. The molecule has 1 aliphatic rings. The molecule has 6 heteroatoms. The second-order valence-electron chi connectivity index (χ2n) is 4.47. The van der Waals surface area contributed by atoms with Crippen molar-refractivity contribution in [2.24, 2.45) is 11.7 Å². The van der Waals surface area contributed by atoms with Gasteiger partial charge in [-0.25, -0.2) is 0 Å². The third kappa shape index (κ3) is 4.83. The average molecular weight is 256 g/mol. The van der Waals surface area contributed by atoms with E-state index in [0.717, 1.165) is 0 Å². The molecule has 1 saturated heterocycles. The van der Waals surface area contributed by atoms with Crippen LogP contribution in [0.2, 0.25) is 0 Å². The number of Topliss-reactive ketones (excluding diaryl/α,β-unsaturated/α-hetero) is 1. The van der Waals surface area contributed by atoms with Gasteiger partial charge in [-0.3, -0.25) is 19.3 Å². The first-order valence-electron chi connectivity index (χ1n) is 6.22. The third-order valence-corrected chi connectivity index (χ3v) is 3.04. The number of ether oxygens (including phenoxy) is 1. The molecule has 0 unspecified atom stereocenters. The molecule has 0 atom stereocenters. The molecule has 6 nitrogen and oxygen atoms in total. The van der Waals surface area contributed by atoms with Crippen molar-refractivity contribution in [3.8, 4) is 0 Å². The van der Waals surface area contributed by atoms with E-state index >= 15 is 0 Å². The molecule has 18 heavy (non-hydrogen) atoms. The largest absolute Gasteiger partial charge is 0.466 e. The number of amides is 1. The fraction of sp³-hybridized carbons (Fsp3) is 0.750. The summed E-state index contributed by atoms with van der Waals surface area (Å²) < 4.78 is 4.71. The molecule has 0 bridgehead atoms. The van der Waals surface area contributed by atoms with Crippen molar-refractivity contribution in [3.63, 3.8) is 0 Å². The van der Waals surface area contributed by atoms with Crippen LogP contribution in [0.3, 0.4) is 0 Å². The predicted molar refractivity (Wildman–Crippen MR) is 64.6 cm³/mol. The monoisotopic (exact) mass is 256 g/mol. The van der Waals surface area contributed by atoms with E-state index in [9.17, 15) is 14.4 Å². The zero-order chi connectivity index (χ0) is 13.5. The maximum Gasteiger partial charge on any atom is 0.313 e. The predicted octanol–water partition coefficient (Wildman–Crippen LogP) is -0.294. The standard InChI is InChI=1S/C12H20N2O4/c1-2-18-11(16)7-10(15)8-14-5-3-9(4-6-14)12(13)17/h9H,2-8H2,1H3,(H2,13,17). The van der Waals surface area contributed by atoms with Gasteiger partial charge in [0.1, 0.15) is 6.42 Å². The van der Waals surface area contributed by atoms with Crippen molar-refractivity contribution in [1.82, 2.24) is 4.90 Å². The Hall–Kier alpha value is -1.43. The number of rotatable bonds is 6.